The van der Waals surface area contributed by atoms with E-state index in [1.807, 2.05) is 6.07 Å². The third kappa shape index (κ3) is 4.79. The number of nitrogens with one attached hydrogen (secondary N) is 2. The molecule has 0 spiro atoms. The molecule has 0 radical (unpaired) electrons. The fraction of sp³-hybridized carbons (Fsp3) is 0.348. The van der Waals surface area contributed by atoms with Crippen LogP contribution >= 0.6 is 0 Å². The van der Waals surface area contributed by atoms with E-state index in [0.717, 1.165) is 25.1 Å². The normalized spacial score (nSPS) is 17.3. The number of rotatable bonds is 5. The van der Waals surface area contributed by atoms with E-state index in [2.05, 4.69) is 10.6 Å². The Bertz CT molecular complexity index is 1290. The highest BCUT2D eigenvalue weighted by Gasteiger charge is 2.24. The molecule has 2 unspecified atom stereocenters. The highest BCUT2D eigenvalue weighted by Crippen LogP contribution is 2.28. The summed E-state index contributed by atoms with van der Waals surface area (Å²) in [6.07, 6.45) is -0.187. The summed E-state index contributed by atoms with van der Waals surface area (Å²) in [4.78, 5) is 24.1. The van der Waals surface area contributed by atoms with Crippen LogP contribution in [0.4, 0.5) is 8.78 Å². The number of hydrogen-bond acceptors (Lipinski definition) is 6. The molecule has 8 nitrogen and oxygen atoms in total. The van der Waals surface area contributed by atoms with Gasteiger partial charge >= 0.3 is 5.76 Å². The average molecular weight is 456 g/mol. The van der Waals surface area contributed by atoms with Gasteiger partial charge in [0, 0.05) is 32.2 Å². The second-order valence-corrected chi connectivity index (χ2v) is 7.84. The van der Waals surface area contributed by atoms with Gasteiger partial charge in [0.05, 0.1) is 11.6 Å². The number of carbonyl (C=O) groups is 1. The Balaban J connectivity index is 1.54. The Hall–Kier alpha value is -3.55. The Morgan fingerprint density at radius 2 is 2.15 bits per heavy atom. The van der Waals surface area contributed by atoms with Crippen LogP contribution in [-0.2, 0) is 23.0 Å². The van der Waals surface area contributed by atoms with Gasteiger partial charge in [0.25, 0.3) is 5.91 Å². The van der Waals surface area contributed by atoms with Gasteiger partial charge in [-0.2, -0.15) is 5.26 Å². The molecule has 2 N–H and O–H groups in total. The molecule has 172 valence electrons. The van der Waals surface area contributed by atoms with E-state index < -0.39 is 35.4 Å². The van der Waals surface area contributed by atoms with Crippen LogP contribution in [0.2, 0.25) is 0 Å². The molecule has 1 aromatic heterocycles. The Labute approximate surface area is 187 Å². The molecule has 1 fully saturated rings. The highest BCUT2D eigenvalue weighted by molar-refractivity contribution is 5.82. The fourth-order valence-electron chi connectivity index (χ4n) is 3.76. The number of aromatic nitrogens is 1. The maximum Gasteiger partial charge on any atom is 0.419 e. The Morgan fingerprint density at radius 1 is 1.33 bits per heavy atom. The van der Waals surface area contributed by atoms with E-state index in [1.54, 1.807) is 0 Å². The monoisotopic (exact) mass is 456 g/mol. The number of ether oxygens (including phenoxy) is 1. The van der Waals surface area contributed by atoms with Gasteiger partial charge in [0.2, 0.25) is 0 Å². The van der Waals surface area contributed by atoms with Gasteiger partial charge in [-0.1, -0.05) is 6.07 Å². The summed E-state index contributed by atoms with van der Waals surface area (Å²) >= 11 is 0. The number of hydrogen-bond donors (Lipinski definition) is 2. The SMILES string of the molecule is Cn1c(=O)oc2ccc(-c3cc(F)c(CC(C#N)NC(=O)C4CNCCCO4)cc3F)cc21. The van der Waals surface area contributed by atoms with Crippen molar-refractivity contribution in [2.75, 3.05) is 19.7 Å². The van der Waals surface area contributed by atoms with Crippen molar-refractivity contribution in [1.29, 1.82) is 5.26 Å². The largest absolute Gasteiger partial charge is 0.419 e. The zero-order valence-electron chi connectivity index (χ0n) is 17.9. The van der Waals surface area contributed by atoms with Gasteiger partial charge in [0.15, 0.2) is 5.58 Å². The van der Waals surface area contributed by atoms with E-state index in [4.69, 9.17) is 9.15 Å². The minimum Gasteiger partial charge on any atom is -0.408 e. The molecule has 4 rings (SSSR count). The first-order valence-electron chi connectivity index (χ1n) is 10.5. The molecule has 33 heavy (non-hydrogen) atoms. The van der Waals surface area contributed by atoms with Crippen LogP contribution in [0, 0.1) is 23.0 Å². The van der Waals surface area contributed by atoms with Gasteiger partial charge in [-0.15, -0.1) is 0 Å². The van der Waals surface area contributed by atoms with Crippen molar-refractivity contribution >= 4 is 17.0 Å². The first-order valence-corrected chi connectivity index (χ1v) is 10.5. The lowest BCUT2D eigenvalue weighted by atomic mass is 9.99. The summed E-state index contributed by atoms with van der Waals surface area (Å²) in [7, 11) is 1.52. The first-order chi connectivity index (χ1) is 15.9. The molecule has 1 saturated heterocycles. The minimum atomic E-state index is -1.05. The van der Waals surface area contributed by atoms with Crippen molar-refractivity contribution in [2.24, 2.45) is 7.05 Å². The van der Waals surface area contributed by atoms with E-state index in [1.165, 1.54) is 29.8 Å². The number of halogens is 2. The van der Waals surface area contributed by atoms with Crippen LogP contribution in [0.3, 0.4) is 0 Å². The van der Waals surface area contributed by atoms with Gasteiger partial charge in [0.1, 0.15) is 23.8 Å². The maximum atomic E-state index is 14.9. The number of aryl methyl sites for hydroxylation is 1. The fourth-order valence-corrected chi connectivity index (χ4v) is 3.76. The van der Waals surface area contributed by atoms with Gasteiger partial charge in [-0.25, -0.2) is 13.6 Å². The van der Waals surface area contributed by atoms with Crippen molar-refractivity contribution in [3.63, 3.8) is 0 Å². The standard InChI is InChI=1S/C23H22F2N4O4/c1-29-19-9-13(3-4-20(19)33-23(29)31)16-10-17(24)14(8-18(16)25)7-15(11-26)28-22(30)21-12-27-5-2-6-32-21/h3-4,8-10,15,21,27H,2,5-7,12H2,1H3,(H,28,30). The molecule has 2 atom stereocenters. The van der Waals surface area contributed by atoms with Crippen molar-refractivity contribution < 1.29 is 22.7 Å². The number of carbonyl (C=O) groups excluding carboxylic acids is 1. The number of benzene rings is 2. The molecular formula is C23H22F2N4O4. The summed E-state index contributed by atoms with van der Waals surface area (Å²) in [6, 6.07) is 7.51. The smallest absolute Gasteiger partial charge is 0.408 e. The average Bonchev–Trinajstić information content (AvgIpc) is 2.98. The summed E-state index contributed by atoms with van der Waals surface area (Å²) < 4.78 is 41.6. The van der Waals surface area contributed by atoms with Crippen LogP contribution in [0.25, 0.3) is 22.2 Å². The quantitative estimate of drug-likeness (QED) is 0.608. The first kappa shape index (κ1) is 22.6. The lowest BCUT2D eigenvalue weighted by Gasteiger charge is -2.18. The van der Waals surface area contributed by atoms with Gasteiger partial charge in [-0.3, -0.25) is 9.36 Å². The lowest BCUT2D eigenvalue weighted by Crippen LogP contribution is -2.46. The molecule has 3 aromatic rings. The molecule has 2 heterocycles. The number of oxazole rings is 1. The predicted molar refractivity (Wildman–Crippen MR) is 115 cm³/mol. The molecule has 10 heteroatoms. The van der Waals surface area contributed by atoms with E-state index in [9.17, 15) is 23.6 Å². The molecule has 0 saturated carbocycles. The topological polar surface area (TPSA) is 109 Å². The molecule has 1 aliphatic heterocycles. The number of fused-ring (bicyclic) bond motifs is 1. The van der Waals surface area contributed by atoms with Crippen LogP contribution in [0.15, 0.2) is 39.5 Å². The number of nitriles is 1. The second-order valence-electron chi connectivity index (χ2n) is 7.84. The maximum absolute atomic E-state index is 14.9. The number of nitrogens with zero attached hydrogens (tertiary/aromatic N) is 2. The Kier molecular flexibility index (Phi) is 6.53. The highest BCUT2D eigenvalue weighted by atomic mass is 19.1. The third-order valence-corrected chi connectivity index (χ3v) is 5.57. The van der Waals surface area contributed by atoms with E-state index in [0.29, 0.717) is 29.8 Å². The summed E-state index contributed by atoms with van der Waals surface area (Å²) in [6.45, 7) is 1.46. The van der Waals surface area contributed by atoms with Crippen LogP contribution in [-0.4, -0.2) is 42.3 Å². The van der Waals surface area contributed by atoms with Crippen LogP contribution in [0.5, 0.6) is 0 Å². The summed E-state index contributed by atoms with van der Waals surface area (Å²) in [5.41, 5.74) is 1.11. The van der Waals surface area contributed by atoms with Crippen molar-refractivity contribution in [1.82, 2.24) is 15.2 Å². The summed E-state index contributed by atoms with van der Waals surface area (Å²) in [5, 5.41) is 15.0. The van der Waals surface area contributed by atoms with Crippen molar-refractivity contribution in [3.8, 4) is 17.2 Å². The van der Waals surface area contributed by atoms with Crippen LogP contribution in [0.1, 0.15) is 12.0 Å². The Morgan fingerprint density at radius 3 is 2.94 bits per heavy atom. The third-order valence-electron chi connectivity index (χ3n) is 5.57. The second kappa shape index (κ2) is 9.52. The van der Waals surface area contributed by atoms with Crippen molar-refractivity contribution in [2.45, 2.75) is 25.0 Å². The molecule has 1 amide bonds. The zero-order valence-corrected chi connectivity index (χ0v) is 17.9. The van der Waals surface area contributed by atoms with E-state index in [-0.39, 0.29) is 17.5 Å². The van der Waals surface area contributed by atoms with Crippen molar-refractivity contribution in [3.05, 3.63) is 58.1 Å². The number of amides is 1. The van der Waals surface area contributed by atoms with Crippen LogP contribution < -0.4 is 16.4 Å². The zero-order chi connectivity index (χ0) is 23.5. The summed E-state index contributed by atoms with van der Waals surface area (Å²) in [5.74, 6) is -2.45. The molecule has 0 aliphatic carbocycles. The predicted octanol–water partition coefficient (Wildman–Crippen LogP) is 2.01. The lowest BCUT2D eigenvalue weighted by molar-refractivity contribution is -0.132. The van der Waals surface area contributed by atoms with Gasteiger partial charge in [-0.05, 0) is 48.4 Å². The molecule has 2 aromatic carbocycles. The molecule has 0 bridgehead atoms. The minimum absolute atomic E-state index is 0.00210. The van der Waals surface area contributed by atoms with E-state index >= 15 is 0 Å². The molecule has 1 aliphatic rings. The molecular weight excluding hydrogens is 434 g/mol. The van der Waals surface area contributed by atoms with Gasteiger partial charge < -0.3 is 19.8 Å².